The Morgan fingerprint density at radius 1 is 1.23 bits per heavy atom. The molecule has 5 nitrogen and oxygen atoms in total. The van der Waals surface area contributed by atoms with Crippen LogP contribution >= 0.6 is 0 Å². The molecule has 6 N–H and O–H groups in total. The molecule has 5 heteroatoms. The molecule has 0 rings (SSSR count). The molecule has 80 valence electrons. The van der Waals surface area contributed by atoms with Gasteiger partial charge in [0.25, 0.3) is 0 Å². The minimum absolute atomic E-state index is 0.145. The van der Waals surface area contributed by atoms with Gasteiger partial charge in [-0.2, -0.15) is 0 Å². The van der Waals surface area contributed by atoms with E-state index in [1.165, 1.54) is 0 Å². The first-order chi connectivity index (χ1) is 6.31. The van der Waals surface area contributed by atoms with Crippen molar-refractivity contribution >= 4 is 0 Å². The molecule has 0 radical (unpaired) electrons. The molecule has 0 aliphatic rings. The summed E-state index contributed by atoms with van der Waals surface area (Å²) in [6.45, 7) is 3.09. The van der Waals surface area contributed by atoms with E-state index < -0.39 is 0 Å². The maximum absolute atomic E-state index is 5.69. The molecular weight excluding hydrogens is 168 g/mol. The third kappa shape index (κ3) is 9.72. The maximum Gasteiger partial charge on any atom is 0.109 e. The van der Waals surface area contributed by atoms with Crippen LogP contribution in [0, 0.1) is 0 Å². The Balaban J connectivity index is 3.05. The van der Waals surface area contributed by atoms with Crippen LogP contribution in [0.5, 0.6) is 0 Å². The topological polar surface area (TPSA) is 85.3 Å². The average molecular weight is 190 g/mol. The number of methoxy groups -OCH3 is 1. The zero-order valence-corrected chi connectivity index (χ0v) is 8.38. The van der Waals surface area contributed by atoms with Gasteiger partial charge in [0.15, 0.2) is 0 Å². The van der Waals surface area contributed by atoms with Crippen molar-refractivity contribution in [3.8, 4) is 0 Å². The predicted molar refractivity (Wildman–Crippen MR) is 54.1 cm³/mol. The largest absolute Gasteiger partial charge is 0.383 e. The third-order valence-electron chi connectivity index (χ3n) is 1.67. The molecule has 0 aromatic rings. The van der Waals surface area contributed by atoms with Gasteiger partial charge >= 0.3 is 0 Å². The molecule has 0 aromatic heterocycles. The first kappa shape index (κ1) is 12.8. The maximum atomic E-state index is 5.69. The zero-order chi connectivity index (χ0) is 9.94. The van der Waals surface area contributed by atoms with Gasteiger partial charge in [0, 0.05) is 13.7 Å². The molecule has 0 saturated heterocycles. The highest BCUT2D eigenvalue weighted by atomic mass is 16.5. The van der Waals surface area contributed by atoms with Crippen LogP contribution in [-0.4, -0.2) is 39.6 Å². The number of hydrogen-bond donors (Lipinski definition) is 4. The summed E-state index contributed by atoms with van der Waals surface area (Å²) in [7, 11) is 1.67. The van der Waals surface area contributed by atoms with E-state index in [4.69, 9.17) is 16.2 Å². The smallest absolute Gasteiger partial charge is 0.109 e. The molecule has 1 atom stereocenters. The first-order valence-electron chi connectivity index (χ1n) is 4.72. The van der Waals surface area contributed by atoms with E-state index in [0.29, 0.717) is 6.61 Å². The van der Waals surface area contributed by atoms with Crippen molar-refractivity contribution in [3.63, 3.8) is 0 Å². The van der Waals surface area contributed by atoms with E-state index >= 15 is 0 Å². The number of hydrogen-bond acceptors (Lipinski definition) is 5. The third-order valence-corrected chi connectivity index (χ3v) is 1.67. The number of ether oxygens (including phenoxy) is 1. The summed E-state index contributed by atoms with van der Waals surface area (Å²) in [5.41, 5.74) is 11.0. The van der Waals surface area contributed by atoms with Crippen LogP contribution in [0.2, 0.25) is 0 Å². The van der Waals surface area contributed by atoms with Gasteiger partial charge in [-0.05, 0) is 25.9 Å². The van der Waals surface area contributed by atoms with Crippen molar-refractivity contribution in [2.24, 2.45) is 11.5 Å². The fraction of sp³-hybridized carbons (Fsp3) is 1.00. The molecule has 0 aromatic carbocycles. The second-order valence-electron chi connectivity index (χ2n) is 2.87. The van der Waals surface area contributed by atoms with Crippen LogP contribution in [0.1, 0.15) is 12.8 Å². The molecule has 0 aliphatic carbocycles. The minimum atomic E-state index is -0.145. The standard InChI is InChI=1S/C8H22N4O/c1-13-7-6-12-8(10)11-5-3-2-4-9/h8,11-12H,2-7,9-10H2,1H3/t8-/m0/s1. The summed E-state index contributed by atoms with van der Waals surface area (Å²) in [6.07, 6.45) is 1.96. The Labute approximate surface area is 80.2 Å². The molecule has 0 saturated carbocycles. The lowest BCUT2D eigenvalue weighted by Crippen LogP contribution is -2.50. The summed E-state index contributed by atoms with van der Waals surface area (Å²) in [6, 6.07) is 0. The predicted octanol–water partition coefficient (Wildman–Crippen LogP) is -1.21. The highest BCUT2D eigenvalue weighted by Crippen LogP contribution is 1.81. The summed E-state index contributed by atoms with van der Waals surface area (Å²) in [4.78, 5) is 0. The van der Waals surface area contributed by atoms with Gasteiger partial charge in [-0.3, -0.25) is 10.6 Å². The normalized spacial score (nSPS) is 13.2. The Bertz CT molecular complexity index is 102. The van der Waals surface area contributed by atoms with Crippen molar-refractivity contribution in [1.82, 2.24) is 10.6 Å². The molecule has 0 aliphatic heterocycles. The van der Waals surface area contributed by atoms with E-state index in [-0.39, 0.29) is 6.29 Å². The number of nitrogens with two attached hydrogens (primary N) is 2. The summed E-state index contributed by atoms with van der Waals surface area (Å²) in [5, 5.41) is 6.20. The summed E-state index contributed by atoms with van der Waals surface area (Å²) < 4.78 is 4.87. The van der Waals surface area contributed by atoms with Gasteiger partial charge in [-0.25, -0.2) is 0 Å². The Hall–Kier alpha value is -0.200. The van der Waals surface area contributed by atoms with Crippen molar-refractivity contribution < 1.29 is 4.74 Å². The molecule has 0 fully saturated rings. The van der Waals surface area contributed by atoms with Gasteiger partial charge in [-0.1, -0.05) is 0 Å². The fourth-order valence-electron chi connectivity index (χ4n) is 0.916. The van der Waals surface area contributed by atoms with Crippen LogP contribution in [-0.2, 0) is 4.74 Å². The Morgan fingerprint density at radius 3 is 2.54 bits per heavy atom. The van der Waals surface area contributed by atoms with Crippen molar-refractivity contribution in [2.75, 3.05) is 33.4 Å². The van der Waals surface area contributed by atoms with Crippen molar-refractivity contribution in [2.45, 2.75) is 19.1 Å². The van der Waals surface area contributed by atoms with Gasteiger partial charge in [0.1, 0.15) is 6.29 Å². The second-order valence-corrected chi connectivity index (χ2v) is 2.87. The monoisotopic (exact) mass is 190 g/mol. The molecular formula is C8H22N4O. The van der Waals surface area contributed by atoms with Gasteiger partial charge in [0.05, 0.1) is 6.61 Å². The second kappa shape index (κ2) is 9.88. The number of rotatable bonds is 9. The molecule has 0 amide bonds. The average Bonchev–Trinajstić information content (AvgIpc) is 2.13. The lowest BCUT2D eigenvalue weighted by Gasteiger charge is -2.14. The van der Waals surface area contributed by atoms with Gasteiger partial charge in [-0.15, -0.1) is 0 Å². The van der Waals surface area contributed by atoms with E-state index in [2.05, 4.69) is 10.6 Å². The van der Waals surface area contributed by atoms with Crippen LogP contribution in [0.25, 0.3) is 0 Å². The van der Waals surface area contributed by atoms with Gasteiger partial charge in [0.2, 0.25) is 0 Å². The summed E-state index contributed by atoms with van der Waals surface area (Å²) in [5.74, 6) is 0. The number of unbranched alkanes of at least 4 members (excludes halogenated alkanes) is 1. The fourth-order valence-corrected chi connectivity index (χ4v) is 0.916. The highest BCUT2D eigenvalue weighted by molar-refractivity contribution is 4.56. The lowest BCUT2D eigenvalue weighted by atomic mass is 10.3. The van der Waals surface area contributed by atoms with Crippen LogP contribution in [0.3, 0.4) is 0 Å². The zero-order valence-electron chi connectivity index (χ0n) is 8.38. The molecule has 0 heterocycles. The van der Waals surface area contributed by atoms with Crippen molar-refractivity contribution in [3.05, 3.63) is 0 Å². The van der Waals surface area contributed by atoms with Crippen LogP contribution in [0.4, 0.5) is 0 Å². The van der Waals surface area contributed by atoms with Crippen molar-refractivity contribution in [1.29, 1.82) is 0 Å². The quantitative estimate of drug-likeness (QED) is 0.271. The van der Waals surface area contributed by atoms with E-state index in [9.17, 15) is 0 Å². The number of nitrogens with one attached hydrogen (secondary N) is 2. The molecule has 0 bridgehead atoms. The molecule has 13 heavy (non-hydrogen) atoms. The van der Waals surface area contributed by atoms with E-state index in [1.807, 2.05) is 0 Å². The van der Waals surface area contributed by atoms with Gasteiger partial charge < -0.3 is 16.2 Å². The van der Waals surface area contributed by atoms with E-state index in [1.54, 1.807) is 7.11 Å². The summed E-state index contributed by atoms with van der Waals surface area (Å²) >= 11 is 0. The minimum Gasteiger partial charge on any atom is -0.383 e. The first-order valence-corrected chi connectivity index (χ1v) is 4.72. The molecule has 0 spiro atoms. The molecule has 0 unspecified atom stereocenters. The van der Waals surface area contributed by atoms with Crippen LogP contribution in [0.15, 0.2) is 0 Å². The SMILES string of the molecule is COCCN[C@@H](N)NCCCCN. The van der Waals surface area contributed by atoms with Crippen LogP contribution < -0.4 is 22.1 Å². The highest BCUT2D eigenvalue weighted by Gasteiger charge is 1.97. The Kier molecular flexibility index (Phi) is 9.73. The Morgan fingerprint density at radius 2 is 1.92 bits per heavy atom. The lowest BCUT2D eigenvalue weighted by molar-refractivity contribution is 0.193. The van der Waals surface area contributed by atoms with E-state index in [0.717, 1.165) is 32.5 Å².